The maximum absolute atomic E-state index is 11.0. The molecule has 1 rings (SSSR count). The Morgan fingerprint density at radius 3 is 2.87 bits per heavy atom. The number of rotatable bonds is 5. The zero-order chi connectivity index (χ0) is 11.1. The van der Waals surface area contributed by atoms with Crippen LogP contribution < -0.4 is 15.8 Å². The number of hydrogen-bond acceptors (Lipinski definition) is 3. The molecule has 0 spiro atoms. The van der Waals surface area contributed by atoms with Gasteiger partial charge in [-0.15, -0.1) is 0 Å². The molecule has 0 unspecified atom stereocenters. The highest BCUT2D eigenvalue weighted by Gasteiger charge is 2.04. The molecule has 3 N–H and O–H groups in total. The van der Waals surface area contributed by atoms with Gasteiger partial charge in [0.15, 0.2) is 6.61 Å². The molecular formula is C11H16N2O2. The van der Waals surface area contributed by atoms with E-state index in [0.29, 0.717) is 6.54 Å². The second-order valence-corrected chi connectivity index (χ2v) is 3.11. The van der Waals surface area contributed by atoms with Crippen LogP contribution >= 0.6 is 0 Å². The molecule has 0 bridgehead atoms. The molecule has 82 valence electrons. The average Bonchev–Trinajstić information content (AvgIpc) is 2.28. The first-order chi connectivity index (χ1) is 7.27. The fraction of sp³-hybridized carbons (Fsp3) is 0.364. The summed E-state index contributed by atoms with van der Waals surface area (Å²) in [4.78, 5) is 11.0. The molecule has 0 fully saturated rings. The monoisotopic (exact) mass is 208 g/mol. The average molecular weight is 208 g/mol. The van der Waals surface area contributed by atoms with Gasteiger partial charge in [0.05, 0.1) is 0 Å². The Morgan fingerprint density at radius 1 is 1.47 bits per heavy atom. The molecule has 0 aliphatic heterocycles. The lowest BCUT2D eigenvalue weighted by Crippen LogP contribution is -2.25. The Kier molecular flexibility index (Phi) is 4.63. The lowest BCUT2D eigenvalue weighted by atomic mass is 10.1. The van der Waals surface area contributed by atoms with Crippen molar-refractivity contribution >= 4 is 5.91 Å². The number of nitrogens with one attached hydrogen (secondary N) is 1. The van der Waals surface area contributed by atoms with E-state index in [1.807, 2.05) is 24.3 Å². The lowest BCUT2D eigenvalue weighted by molar-refractivity contribution is -0.122. The third-order valence-corrected chi connectivity index (χ3v) is 2.02. The highest BCUT2D eigenvalue weighted by Crippen LogP contribution is 2.17. The van der Waals surface area contributed by atoms with Gasteiger partial charge in [0.1, 0.15) is 5.75 Å². The number of benzene rings is 1. The van der Waals surface area contributed by atoms with Gasteiger partial charge in [-0.05, 0) is 24.6 Å². The normalized spacial score (nSPS) is 9.73. The van der Waals surface area contributed by atoms with Crippen molar-refractivity contribution in [3.8, 4) is 5.75 Å². The smallest absolute Gasteiger partial charge is 0.257 e. The van der Waals surface area contributed by atoms with Crippen molar-refractivity contribution in [2.45, 2.75) is 6.42 Å². The van der Waals surface area contributed by atoms with E-state index >= 15 is 0 Å². The van der Waals surface area contributed by atoms with Crippen molar-refractivity contribution in [1.82, 2.24) is 5.32 Å². The Morgan fingerprint density at radius 2 is 2.20 bits per heavy atom. The summed E-state index contributed by atoms with van der Waals surface area (Å²) < 4.78 is 5.37. The Balaban J connectivity index is 2.62. The van der Waals surface area contributed by atoms with E-state index < -0.39 is 0 Å². The van der Waals surface area contributed by atoms with E-state index in [4.69, 9.17) is 10.5 Å². The van der Waals surface area contributed by atoms with E-state index in [-0.39, 0.29) is 12.5 Å². The molecule has 0 radical (unpaired) electrons. The second kappa shape index (κ2) is 6.03. The number of likely N-dealkylation sites (N-methyl/N-ethyl adjacent to an activating group) is 1. The van der Waals surface area contributed by atoms with Crippen molar-refractivity contribution in [2.75, 3.05) is 20.2 Å². The third kappa shape index (κ3) is 3.59. The van der Waals surface area contributed by atoms with Gasteiger partial charge in [0.25, 0.3) is 5.91 Å². The number of amides is 1. The fourth-order valence-electron chi connectivity index (χ4n) is 1.22. The van der Waals surface area contributed by atoms with Crippen molar-refractivity contribution in [3.63, 3.8) is 0 Å². The summed E-state index contributed by atoms with van der Waals surface area (Å²) in [5.74, 6) is 0.587. The van der Waals surface area contributed by atoms with Crippen LogP contribution in [0.1, 0.15) is 5.56 Å². The summed E-state index contributed by atoms with van der Waals surface area (Å²) in [5, 5.41) is 2.50. The number of para-hydroxylation sites is 1. The minimum atomic E-state index is -0.141. The predicted molar refractivity (Wildman–Crippen MR) is 58.8 cm³/mol. The van der Waals surface area contributed by atoms with E-state index in [1.165, 1.54) is 0 Å². The van der Waals surface area contributed by atoms with Crippen LogP contribution in [0.4, 0.5) is 0 Å². The van der Waals surface area contributed by atoms with Gasteiger partial charge in [0.2, 0.25) is 0 Å². The highest BCUT2D eigenvalue weighted by atomic mass is 16.5. The number of nitrogens with two attached hydrogens (primary N) is 1. The largest absolute Gasteiger partial charge is 0.483 e. The minimum Gasteiger partial charge on any atom is -0.483 e. The maximum atomic E-state index is 11.0. The Hall–Kier alpha value is -1.55. The molecule has 1 amide bonds. The van der Waals surface area contributed by atoms with Crippen LogP contribution in [0.25, 0.3) is 0 Å². The zero-order valence-corrected chi connectivity index (χ0v) is 8.82. The van der Waals surface area contributed by atoms with E-state index in [9.17, 15) is 4.79 Å². The zero-order valence-electron chi connectivity index (χ0n) is 8.82. The highest BCUT2D eigenvalue weighted by molar-refractivity contribution is 5.77. The van der Waals surface area contributed by atoms with Gasteiger partial charge >= 0.3 is 0 Å². The molecule has 15 heavy (non-hydrogen) atoms. The van der Waals surface area contributed by atoms with Crippen molar-refractivity contribution in [3.05, 3.63) is 29.8 Å². The number of hydrogen-bond donors (Lipinski definition) is 2. The van der Waals surface area contributed by atoms with Gasteiger partial charge in [-0.1, -0.05) is 18.2 Å². The lowest BCUT2D eigenvalue weighted by Gasteiger charge is -2.09. The summed E-state index contributed by atoms with van der Waals surface area (Å²) in [6.07, 6.45) is 0.754. The molecule has 4 nitrogen and oxygen atoms in total. The van der Waals surface area contributed by atoms with Crippen molar-refractivity contribution in [1.29, 1.82) is 0 Å². The van der Waals surface area contributed by atoms with Crippen LogP contribution in [0, 0.1) is 0 Å². The summed E-state index contributed by atoms with van der Waals surface area (Å²) in [6.45, 7) is 0.610. The Labute approximate surface area is 89.4 Å². The number of carbonyl (C=O) groups is 1. The van der Waals surface area contributed by atoms with Crippen LogP contribution in [0.5, 0.6) is 5.75 Å². The van der Waals surface area contributed by atoms with E-state index in [0.717, 1.165) is 17.7 Å². The van der Waals surface area contributed by atoms with Gasteiger partial charge in [0, 0.05) is 7.05 Å². The molecule has 0 aliphatic rings. The molecule has 0 saturated heterocycles. The Bertz CT molecular complexity index is 326. The third-order valence-electron chi connectivity index (χ3n) is 2.02. The predicted octanol–water partition coefficient (Wildman–Crippen LogP) is 0.313. The summed E-state index contributed by atoms with van der Waals surface area (Å²) in [5.41, 5.74) is 6.51. The number of carbonyl (C=O) groups excluding carboxylic acids is 1. The van der Waals surface area contributed by atoms with Crippen LogP contribution in [0.2, 0.25) is 0 Å². The second-order valence-electron chi connectivity index (χ2n) is 3.11. The maximum Gasteiger partial charge on any atom is 0.257 e. The van der Waals surface area contributed by atoms with Crippen LogP contribution in [0.15, 0.2) is 24.3 Å². The molecule has 0 aliphatic carbocycles. The summed E-state index contributed by atoms with van der Waals surface area (Å²) >= 11 is 0. The first-order valence-electron chi connectivity index (χ1n) is 4.89. The quantitative estimate of drug-likeness (QED) is 0.732. The first-order valence-corrected chi connectivity index (χ1v) is 4.89. The van der Waals surface area contributed by atoms with Crippen molar-refractivity contribution in [2.24, 2.45) is 5.73 Å². The van der Waals surface area contributed by atoms with Crippen LogP contribution in [-0.4, -0.2) is 26.1 Å². The molecule has 4 heteroatoms. The molecule has 0 atom stereocenters. The van der Waals surface area contributed by atoms with Crippen molar-refractivity contribution < 1.29 is 9.53 Å². The fourth-order valence-corrected chi connectivity index (χ4v) is 1.22. The van der Waals surface area contributed by atoms with Gasteiger partial charge in [-0.25, -0.2) is 0 Å². The number of ether oxygens (including phenoxy) is 1. The standard InChI is InChI=1S/C11H16N2O2/c1-13-11(14)8-15-10-5-3-2-4-9(10)6-7-12/h2-5H,6-8,12H2,1H3,(H,13,14). The molecule has 0 heterocycles. The minimum absolute atomic E-state index is 0.0398. The van der Waals surface area contributed by atoms with E-state index in [2.05, 4.69) is 5.32 Å². The molecule has 1 aromatic rings. The molecule has 0 aromatic heterocycles. The van der Waals surface area contributed by atoms with Gasteiger partial charge in [-0.2, -0.15) is 0 Å². The van der Waals surface area contributed by atoms with Crippen LogP contribution in [-0.2, 0) is 11.2 Å². The van der Waals surface area contributed by atoms with E-state index in [1.54, 1.807) is 7.05 Å². The topological polar surface area (TPSA) is 64.3 Å². The molecule has 1 aromatic carbocycles. The molecule has 0 saturated carbocycles. The summed E-state index contributed by atoms with van der Waals surface area (Å²) in [6, 6.07) is 7.59. The summed E-state index contributed by atoms with van der Waals surface area (Å²) in [7, 11) is 1.58. The first kappa shape index (κ1) is 11.5. The molecular weight excluding hydrogens is 192 g/mol. The SMILES string of the molecule is CNC(=O)COc1ccccc1CCN. The van der Waals surface area contributed by atoms with Gasteiger partial charge < -0.3 is 15.8 Å². The van der Waals surface area contributed by atoms with Crippen LogP contribution in [0.3, 0.4) is 0 Å². The van der Waals surface area contributed by atoms with Gasteiger partial charge in [-0.3, -0.25) is 4.79 Å².